The van der Waals surface area contributed by atoms with Crippen LogP contribution in [-0.2, 0) is 6.42 Å². The van der Waals surface area contributed by atoms with Gasteiger partial charge in [-0.25, -0.2) is 4.39 Å². The summed E-state index contributed by atoms with van der Waals surface area (Å²) in [4.78, 5) is 1.29. The minimum absolute atomic E-state index is 0.220. The molecule has 0 saturated carbocycles. The van der Waals surface area contributed by atoms with Crippen LogP contribution in [0.5, 0.6) is 0 Å². The van der Waals surface area contributed by atoms with Gasteiger partial charge in [0.25, 0.3) is 0 Å². The van der Waals surface area contributed by atoms with Gasteiger partial charge in [0.05, 0.1) is 4.47 Å². The Balaban J connectivity index is 2.18. The molecule has 19 heavy (non-hydrogen) atoms. The molecule has 1 unspecified atom stereocenters. The van der Waals surface area contributed by atoms with Gasteiger partial charge >= 0.3 is 0 Å². The molecule has 1 atom stereocenters. The predicted octanol–water partition coefficient (Wildman–Crippen LogP) is 5.31. The summed E-state index contributed by atoms with van der Waals surface area (Å²) in [5.74, 6) is -0.220. The number of hydrogen-bond acceptors (Lipinski definition) is 2. The molecule has 102 valence electrons. The maximum absolute atomic E-state index is 13.2. The maximum atomic E-state index is 13.2. The minimum Gasteiger partial charge on any atom is -0.309 e. The van der Waals surface area contributed by atoms with Crippen LogP contribution in [0.3, 0.4) is 0 Å². The summed E-state index contributed by atoms with van der Waals surface area (Å²) in [6.07, 6.45) is 0.847. The molecule has 2 aromatic rings. The van der Waals surface area contributed by atoms with Crippen LogP contribution in [0.25, 0.3) is 0 Å². The summed E-state index contributed by atoms with van der Waals surface area (Å²) in [5.41, 5.74) is 1.11. The Labute approximate surface area is 133 Å². The second kappa shape index (κ2) is 6.97. The van der Waals surface area contributed by atoms with Crippen molar-refractivity contribution in [3.05, 3.63) is 54.8 Å². The molecule has 5 heteroatoms. The van der Waals surface area contributed by atoms with Crippen molar-refractivity contribution < 1.29 is 4.39 Å². The number of hydrogen-bond donors (Lipinski definition) is 1. The molecule has 2 rings (SSSR count). The van der Waals surface area contributed by atoms with Crippen LogP contribution in [0.2, 0.25) is 0 Å². The number of thiophene rings is 1. The number of rotatable bonds is 5. The van der Waals surface area contributed by atoms with Gasteiger partial charge in [-0.3, -0.25) is 0 Å². The molecule has 0 aliphatic heterocycles. The van der Waals surface area contributed by atoms with Gasteiger partial charge in [-0.05, 0) is 68.6 Å². The standard InChI is InChI=1S/C14H14Br2FNS/c1-2-18-13(14-7-10(15)8-19-14)6-9-3-4-12(17)11(16)5-9/h3-5,7-8,13,18H,2,6H2,1H3. The van der Waals surface area contributed by atoms with E-state index in [0.29, 0.717) is 4.47 Å². The van der Waals surface area contributed by atoms with Crippen molar-refractivity contribution >= 4 is 43.2 Å². The van der Waals surface area contributed by atoms with Crippen LogP contribution in [-0.4, -0.2) is 6.54 Å². The first-order valence-corrected chi connectivity index (χ1v) is 8.48. The Hall–Kier alpha value is -0.230. The first-order chi connectivity index (χ1) is 9.10. The maximum Gasteiger partial charge on any atom is 0.137 e. The van der Waals surface area contributed by atoms with Gasteiger partial charge in [0.2, 0.25) is 0 Å². The van der Waals surface area contributed by atoms with E-state index in [1.165, 1.54) is 10.9 Å². The third-order valence-corrected chi connectivity index (χ3v) is 5.22. The van der Waals surface area contributed by atoms with Gasteiger partial charge in [-0.15, -0.1) is 11.3 Å². The zero-order valence-corrected chi connectivity index (χ0v) is 14.4. The summed E-state index contributed by atoms with van der Waals surface area (Å²) in [5, 5.41) is 5.56. The van der Waals surface area contributed by atoms with Crippen molar-refractivity contribution in [2.45, 2.75) is 19.4 Å². The smallest absolute Gasteiger partial charge is 0.137 e. The van der Waals surface area contributed by atoms with E-state index >= 15 is 0 Å². The van der Waals surface area contributed by atoms with Gasteiger partial charge in [-0.2, -0.15) is 0 Å². The molecule has 0 spiro atoms. The Morgan fingerprint density at radius 2 is 2.11 bits per heavy atom. The summed E-state index contributed by atoms with van der Waals surface area (Å²) in [7, 11) is 0. The van der Waals surface area contributed by atoms with Crippen LogP contribution in [0.4, 0.5) is 4.39 Å². The van der Waals surface area contributed by atoms with Crippen molar-refractivity contribution in [2.24, 2.45) is 0 Å². The van der Waals surface area contributed by atoms with Crippen LogP contribution in [0.15, 0.2) is 38.6 Å². The largest absolute Gasteiger partial charge is 0.309 e. The van der Waals surface area contributed by atoms with Crippen LogP contribution < -0.4 is 5.32 Å². The molecule has 0 saturated heterocycles. The summed E-state index contributed by atoms with van der Waals surface area (Å²) >= 11 is 8.45. The van der Waals surface area contributed by atoms with E-state index in [2.05, 4.69) is 55.5 Å². The van der Waals surface area contributed by atoms with E-state index in [-0.39, 0.29) is 11.9 Å². The van der Waals surface area contributed by atoms with E-state index in [9.17, 15) is 4.39 Å². The second-order valence-electron chi connectivity index (χ2n) is 4.23. The third-order valence-electron chi connectivity index (χ3n) is 2.81. The second-order valence-corrected chi connectivity index (χ2v) is 6.94. The average Bonchev–Trinajstić information content (AvgIpc) is 2.80. The highest BCUT2D eigenvalue weighted by Crippen LogP contribution is 2.28. The SMILES string of the molecule is CCNC(Cc1ccc(F)c(Br)c1)c1cc(Br)cs1. The van der Waals surface area contributed by atoms with Gasteiger partial charge in [0, 0.05) is 20.8 Å². The topological polar surface area (TPSA) is 12.0 Å². The molecular formula is C14H14Br2FNS. The fraction of sp³-hybridized carbons (Fsp3) is 0.286. The Morgan fingerprint density at radius 3 is 2.68 bits per heavy atom. The van der Waals surface area contributed by atoms with Crippen molar-refractivity contribution in [1.29, 1.82) is 0 Å². The minimum atomic E-state index is -0.220. The molecule has 1 heterocycles. The molecule has 0 amide bonds. The zero-order chi connectivity index (χ0) is 13.8. The lowest BCUT2D eigenvalue weighted by Gasteiger charge is -2.16. The van der Waals surface area contributed by atoms with Gasteiger partial charge in [0.15, 0.2) is 0 Å². The Bertz CT molecular complexity index is 556. The summed E-state index contributed by atoms with van der Waals surface area (Å²) in [6.45, 7) is 3.00. The van der Waals surface area contributed by atoms with Crippen molar-refractivity contribution in [3.8, 4) is 0 Å². The summed E-state index contributed by atoms with van der Waals surface area (Å²) < 4.78 is 14.9. The molecular weight excluding hydrogens is 393 g/mol. The number of likely N-dealkylation sites (N-methyl/N-ethyl adjacent to an activating group) is 1. The highest BCUT2D eigenvalue weighted by atomic mass is 79.9. The molecule has 1 N–H and O–H groups in total. The lowest BCUT2D eigenvalue weighted by molar-refractivity contribution is 0.556. The number of halogens is 3. The lowest BCUT2D eigenvalue weighted by atomic mass is 10.0. The monoisotopic (exact) mass is 405 g/mol. The summed E-state index contributed by atoms with van der Waals surface area (Å²) in [6, 6.07) is 7.59. The van der Waals surface area contributed by atoms with E-state index in [0.717, 1.165) is 23.0 Å². The highest BCUT2D eigenvalue weighted by Gasteiger charge is 2.14. The van der Waals surface area contributed by atoms with E-state index in [1.54, 1.807) is 11.3 Å². The molecule has 1 aromatic carbocycles. The number of nitrogens with one attached hydrogen (secondary N) is 1. The number of benzene rings is 1. The van der Waals surface area contributed by atoms with E-state index in [1.807, 2.05) is 12.1 Å². The van der Waals surface area contributed by atoms with E-state index in [4.69, 9.17) is 0 Å². The fourth-order valence-corrected chi connectivity index (χ4v) is 3.88. The van der Waals surface area contributed by atoms with Crippen molar-refractivity contribution in [3.63, 3.8) is 0 Å². The van der Waals surface area contributed by atoms with Crippen molar-refractivity contribution in [2.75, 3.05) is 6.54 Å². The van der Waals surface area contributed by atoms with Gasteiger partial charge in [-0.1, -0.05) is 13.0 Å². The molecule has 1 aromatic heterocycles. The Kier molecular flexibility index (Phi) is 5.57. The quantitative estimate of drug-likeness (QED) is 0.709. The van der Waals surface area contributed by atoms with Crippen molar-refractivity contribution in [1.82, 2.24) is 5.32 Å². The first kappa shape index (κ1) is 15.2. The normalized spacial score (nSPS) is 12.6. The highest BCUT2D eigenvalue weighted by molar-refractivity contribution is 9.10. The molecule has 0 fully saturated rings. The Morgan fingerprint density at radius 1 is 1.32 bits per heavy atom. The van der Waals surface area contributed by atoms with Crippen LogP contribution in [0, 0.1) is 5.82 Å². The predicted molar refractivity (Wildman–Crippen MR) is 86.2 cm³/mol. The molecule has 1 nitrogen and oxygen atoms in total. The average molecular weight is 407 g/mol. The van der Waals surface area contributed by atoms with Gasteiger partial charge in [0.1, 0.15) is 5.82 Å². The fourth-order valence-electron chi connectivity index (χ4n) is 1.93. The lowest BCUT2D eigenvalue weighted by Crippen LogP contribution is -2.22. The van der Waals surface area contributed by atoms with Crippen LogP contribution in [0.1, 0.15) is 23.4 Å². The molecule has 0 aliphatic carbocycles. The van der Waals surface area contributed by atoms with E-state index < -0.39 is 0 Å². The first-order valence-electron chi connectivity index (χ1n) is 6.01. The van der Waals surface area contributed by atoms with Crippen LogP contribution >= 0.6 is 43.2 Å². The van der Waals surface area contributed by atoms with Gasteiger partial charge < -0.3 is 5.32 Å². The molecule has 0 radical (unpaired) electrons. The zero-order valence-electron chi connectivity index (χ0n) is 10.4. The molecule has 0 aliphatic rings. The third kappa shape index (κ3) is 4.12. The molecule has 0 bridgehead atoms.